The summed E-state index contributed by atoms with van der Waals surface area (Å²) in [6.07, 6.45) is -3.18. The van der Waals surface area contributed by atoms with Crippen LogP contribution >= 0.6 is 45.2 Å². The fraction of sp³-hybridized carbons (Fsp3) is 0.250. The summed E-state index contributed by atoms with van der Waals surface area (Å²) >= 11 is 3.65. The van der Waals surface area contributed by atoms with E-state index >= 15 is 0 Å². The van der Waals surface area contributed by atoms with Gasteiger partial charge in [0.1, 0.15) is 9.39 Å². The van der Waals surface area contributed by atoms with Gasteiger partial charge in [-0.05, 0) is 51.2 Å². The van der Waals surface area contributed by atoms with Crippen LogP contribution in [0.25, 0.3) is 0 Å². The molecular weight excluding hydrogens is 434 g/mol. The Hall–Kier alpha value is -0.0600. The first-order valence-electron chi connectivity index (χ1n) is 3.76. The van der Waals surface area contributed by atoms with E-state index in [4.69, 9.17) is 5.11 Å². The van der Waals surface area contributed by atoms with Crippen molar-refractivity contribution in [2.24, 2.45) is 0 Å². The summed E-state index contributed by atoms with van der Waals surface area (Å²) in [6, 6.07) is 1.57. The van der Waals surface area contributed by atoms with Crippen LogP contribution in [0.15, 0.2) is 6.07 Å². The van der Waals surface area contributed by atoms with Crippen molar-refractivity contribution >= 4 is 51.2 Å². The predicted octanol–water partition coefficient (Wildman–Crippen LogP) is 2.86. The average molecular weight is 439 g/mol. The largest absolute Gasteiger partial charge is 0.481 e. The van der Waals surface area contributed by atoms with Crippen LogP contribution in [0.4, 0.5) is 8.78 Å². The second kappa shape index (κ2) is 5.32. The van der Waals surface area contributed by atoms with Gasteiger partial charge in [-0.15, -0.1) is 0 Å². The number of carboxylic acid groups (broad SMARTS) is 1. The third-order valence-electron chi connectivity index (χ3n) is 1.61. The maximum Gasteiger partial charge on any atom is 0.307 e. The Morgan fingerprint density at radius 3 is 2.60 bits per heavy atom. The Morgan fingerprint density at radius 1 is 1.53 bits per heavy atom. The first kappa shape index (κ1) is 13.0. The lowest BCUT2D eigenvalue weighted by atomic mass is 10.1. The lowest BCUT2D eigenvalue weighted by molar-refractivity contribution is -0.136. The van der Waals surface area contributed by atoms with Gasteiger partial charge >= 0.3 is 5.97 Å². The molecule has 1 rings (SSSR count). The minimum Gasteiger partial charge on any atom is -0.481 e. The van der Waals surface area contributed by atoms with Crippen molar-refractivity contribution in [2.75, 3.05) is 0 Å². The molecule has 0 aliphatic rings. The molecule has 0 aliphatic carbocycles. The lowest BCUT2D eigenvalue weighted by Crippen LogP contribution is -2.09. The van der Waals surface area contributed by atoms with Crippen LogP contribution in [0.5, 0.6) is 0 Å². The van der Waals surface area contributed by atoms with Crippen molar-refractivity contribution in [1.82, 2.24) is 4.98 Å². The van der Waals surface area contributed by atoms with E-state index in [1.54, 1.807) is 6.07 Å². The molecule has 0 atom stereocenters. The van der Waals surface area contributed by atoms with Crippen molar-refractivity contribution in [1.29, 1.82) is 0 Å². The van der Waals surface area contributed by atoms with E-state index in [1.165, 1.54) is 0 Å². The van der Waals surface area contributed by atoms with Crippen LogP contribution in [-0.2, 0) is 11.2 Å². The van der Waals surface area contributed by atoms with Crippen LogP contribution < -0.4 is 0 Å². The molecule has 0 fully saturated rings. The summed E-state index contributed by atoms with van der Waals surface area (Å²) in [5.74, 6) is -1.14. The van der Waals surface area contributed by atoms with Crippen molar-refractivity contribution in [3.05, 3.63) is 24.6 Å². The first-order chi connectivity index (χ1) is 6.91. The van der Waals surface area contributed by atoms with Crippen LogP contribution in [-0.4, -0.2) is 16.1 Å². The fourth-order valence-corrected chi connectivity index (χ4v) is 2.96. The maximum absolute atomic E-state index is 12.6. The lowest BCUT2D eigenvalue weighted by Gasteiger charge is -2.08. The van der Waals surface area contributed by atoms with Gasteiger partial charge in [-0.2, -0.15) is 0 Å². The molecule has 0 amide bonds. The smallest absolute Gasteiger partial charge is 0.307 e. The average Bonchev–Trinajstić information content (AvgIpc) is 2.08. The summed E-state index contributed by atoms with van der Waals surface area (Å²) in [5, 5.41) is 8.59. The number of aromatic nitrogens is 1. The number of rotatable bonds is 3. The molecule has 0 aliphatic heterocycles. The van der Waals surface area contributed by atoms with Crippen molar-refractivity contribution in [2.45, 2.75) is 12.8 Å². The normalized spacial score (nSPS) is 10.7. The SMILES string of the molecule is O=C(O)Cc1c(I)cc(I)nc1C(F)F. The van der Waals surface area contributed by atoms with Crippen LogP contribution in [0.3, 0.4) is 0 Å². The van der Waals surface area contributed by atoms with Gasteiger partial charge in [-0.1, -0.05) is 0 Å². The number of carbonyl (C=O) groups is 1. The van der Waals surface area contributed by atoms with Crippen LogP contribution in [0.1, 0.15) is 17.7 Å². The van der Waals surface area contributed by atoms with Crippen molar-refractivity contribution in [3.8, 4) is 0 Å². The molecule has 1 aromatic rings. The van der Waals surface area contributed by atoms with Gasteiger partial charge in [0.25, 0.3) is 6.43 Å². The van der Waals surface area contributed by atoms with Gasteiger partial charge in [0.2, 0.25) is 0 Å². The van der Waals surface area contributed by atoms with Gasteiger partial charge in [0.05, 0.1) is 6.42 Å². The van der Waals surface area contributed by atoms with Gasteiger partial charge in [0, 0.05) is 9.13 Å². The fourth-order valence-electron chi connectivity index (χ4n) is 1.04. The standard InChI is InChI=1S/C8H5F2I2NO2/c9-8(10)7-3(1-6(14)15)4(11)2-5(12)13-7/h2,8H,1H2,(H,14,15). The minimum absolute atomic E-state index is 0.0958. The summed E-state index contributed by atoms with van der Waals surface area (Å²) in [6.45, 7) is 0. The number of carboxylic acids is 1. The topological polar surface area (TPSA) is 50.2 Å². The van der Waals surface area contributed by atoms with Gasteiger partial charge < -0.3 is 5.11 Å². The van der Waals surface area contributed by atoms with E-state index < -0.39 is 24.5 Å². The number of alkyl halides is 2. The molecule has 15 heavy (non-hydrogen) atoms. The Balaban J connectivity index is 3.26. The molecule has 0 radical (unpaired) electrons. The highest BCUT2D eigenvalue weighted by Crippen LogP contribution is 2.26. The molecule has 3 nitrogen and oxygen atoms in total. The molecule has 0 spiro atoms. The molecule has 0 saturated heterocycles. The molecular formula is C8H5F2I2NO2. The summed E-state index contributed by atoms with van der Waals surface area (Å²) in [5.41, 5.74) is -0.341. The zero-order valence-electron chi connectivity index (χ0n) is 7.18. The monoisotopic (exact) mass is 439 g/mol. The molecule has 82 valence electrons. The number of pyridine rings is 1. The number of nitrogens with zero attached hydrogens (tertiary/aromatic N) is 1. The number of halogens is 4. The Kier molecular flexibility index (Phi) is 4.62. The molecule has 1 N–H and O–H groups in total. The molecule has 0 saturated carbocycles. The van der Waals surface area contributed by atoms with E-state index in [1.807, 2.05) is 45.2 Å². The Morgan fingerprint density at radius 2 is 2.13 bits per heavy atom. The number of hydrogen-bond acceptors (Lipinski definition) is 2. The van der Waals surface area contributed by atoms with Gasteiger partial charge in [-0.25, -0.2) is 13.8 Å². The van der Waals surface area contributed by atoms with Crippen LogP contribution in [0.2, 0.25) is 0 Å². The van der Waals surface area contributed by atoms with E-state index in [0.29, 0.717) is 7.27 Å². The van der Waals surface area contributed by atoms with E-state index in [0.717, 1.165) is 0 Å². The molecule has 0 unspecified atom stereocenters. The van der Waals surface area contributed by atoms with Gasteiger partial charge in [0.15, 0.2) is 0 Å². The Bertz CT molecular complexity index is 398. The predicted molar refractivity (Wildman–Crippen MR) is 66.0 cm³/mol. The van der Waals surface area contributed by atoms with E-state index in [2.05, 4.69) is 4.98 Å². The third-order valence-corrected chi connectivity index (χ3v) is 3.12. The highest BCUT2D eigenvalue weighted by molar-refractivity contribution is 14.1. The quantitative estimate of drug-likeness (QED) is 0.583. The van der Waals surface area contributed by atoms with Crippen molar-refractivity contribution < 1.29 is 18.7 Å². The Labute approximate surface area is 112 Å². The summed E-state index contributed by atoms with van der Waals surface area (Å²) in [7, 11) is 0. The van der Waals surface area contributed by atoms with Crippen molar-refractivity contribution in [3.63, 3.8) is 0 Å². The van der Waals surface area contributed by atoms with E-state index in [9.17, 15) is 13.6 Å². The highest BCUT2D eigenvalue weighted by atomic mass is 127. The molecule has 0 bridgehead atoms. The molecule has 7 heteroatoms. The van der Waals surface area contributed by atoms with Crippen LogP contribution in [0, 0.1) is 7.27 Å². The zero-order valence-corrected chi connectivity index (χ0v) is 11.5. The second-order valence-electron chi connectivity index (χ2n) is 2.66. The van der Waals surface area contributed by atoms with E-state index in [-0.39, 0.29) is 5.56 Å². The number of aliphatic carboxylic acids is 1. The molecule has 1 aromatic heterocycles. The van der Waals surface area contributed by atoms with Gasteiger partial charge in [-0.3, -0.25) is 4.79 Å². The zero-order chi connectivity index (χ0) is 11.6. The maximum atomic E-state index is 12.6. The minimum atomic E-state index is -2.75. The third kappa shape index (κ3) is 3.47. The highest BCUT2D eigenvalue weighted by Gasteiger charge is 2.20. The number of hydrogen-bond donors (Lipinski definition) is 1. The first-order valence-corrected chi connectivity index (χ1v) is 5.92. The summed E-state index contributed by atoms with van der Waals surface area (Å²) in [4.78, 5) is 14.2. The second-order valence-corrected chi connectivity index (χ2v) is 4.93. The molecule has 1 heterocycles. The summed E-state index contributed by atoms with van der Waals surface area (Å²) < 4.78 is 26.1. The molecule has 0 aromatic carbocycles.